The van der Waals surface area contributed by atoms with Crippen LogP contribution in [0.25, 0.3) is 11.3 Å². The fraction of sp³-hybridized carbons (Fsp3) is 0.522. The molecule has 4 heterocycles. The van der Waals surface area contributed by atoms with Crippen molar-refractivity contribution in [3.05, 3.63) is 30.1 Å². The minimum absolute atomic E-state index is 0.0840. The molecule has 10 heteroatoms. The molecule has 3 N–H and O–H groups in total. The van der Waals surface area contributed by atoms with Gasteiger partial charge in [0.15, 0.2) is 17.4 Å². The molecule has 3 aliphatic heterocycles. The van der Waals surface area contributed by atoms with Crippen LogP contribution in [0.5, 0.6) is 5.75 Å². The Morgan fingerprint density at radius 3 is 2.91 bits per heavy atom. The number of nitrogens with one attached hydrogen (secondary N) is 2. The van der Waals surface area contributed by atoms with Crippen molar-refractivity contribution in [1.29, 1.82) is 0 Å². The fourth-order valence-corrected chi connectivity index (χ4v) is 5.10. The third-order valence-corrected chi connectivity index (χ3v) is 7.02. The number of hydrogen-bond acceptors (Lipinski definition) is 7. The molecule has 2 amide bonds. The Morgan fingerprint density at radius 2 is 2.09 bits per heavy atom. The molecule has 0 bridgehead atoms. The third kappa shape index (κ3) is 3.72. The second kappa shape index (κ2) is 8.02. The van der Waals surface area contributed by atoms with E-state index in [1.54, 1.807) is 6.07 Å². The number of halogens is 1. The molecule has 1 unspecified atom stereocenters. The number of benzene rings is 1. The highest BCUT2D eigenvalue weighted by Crippen LogP contribution is 2.40. The van der Waals surface area contributed by atoms with Gasteiger partial charge in [0.25, 0.3) is 0 Å². The van der Waals surface area contributed by atoms with Gasteiger partial charge in [-0.05, 0) is 39.0 Å². The quantitative estimate of drug-likeness (QED) is 0.606. The number of carbonyl (C=O) groups is 1. The first kappa shape index (κ1) is 21.7. The van der Waals surface area contributed by atoms with E-state index >= 15 is 0 Å². The van der Waals surface area contributed by atoms with E-state index in [4.69, 9.17) is 0 Å². The highest BCUT2D eigenvalue weighted by atomic mass is 19.1. The standard InChI is InChI=1S/C23H30FN7O2/c1-14-11-30(15(2)10-25-14)22(33)29-7-8-31-19-9-18(16-5-4-6-17(24)20(16)32)27-28-21(19)26-12-23(31,3)13-29/h4-6,9,14-15,25,32H,7-8,10-13H2,1-3H3,(H,26,28)/t14-,15+,23?/m0/s1. The summed E-state index contributed by atoms with van der Waals surface area (Å²) in [6.07, 6.45) is 0. The number of nitrogens with zero attached hydrogens (tertiary/aromatic N) is 5. The van der Waals surface area contributed by atoms with Crippen molar-refractivity contribution in [2.24, 2.45) is 0 Å². The lowest BCUT2D eigenvalue weighted by atomic mass is 9.92. The SMILES string of the molecule is C[C@@H]1CN[C@@H](C)CN1C(=O)N1CCN2c3cc(-c4cccc(F)c4O)nnc3NCC2(C)C1. The normalized spacial score (nSPS) is 27.0. The van der Waals surface area contributed by atoms with Gasteiger partial charge in [0, 0.05) is 56.9 Å². The van der Waals surface area contributed by atoms with Crippen molar-refractivity contribution >= 4 is 17.5 Å². The van der Waals surface area contributed by atoms with E-state index in [9.17, 15) is 14.3 Å². The topological polar surface area (TPSA) is 96.9 Å². The minimum atomic E-state index is -0.696. The van der Waals surface area contributed by atoms with E-state index in [1.807, 2.05) is 15.9 Å². The summed E-state index contributed by atoms with van der Waals surface area (Å²) in [6.45, 7) is 10.3. The van der Waals surface area contributed by atoms with E-state index in [1.165, 1.54) is 12.1 Å². The van der Waals surface area contributed by atoms with Crippen LogP contribution in [0.4, 0.5) is 20.7 Å². The van der Waals surface area contributed by atoms with Crippen LogP contribution in [0, 0.1) is 5.82 Å². The van der Waals surface area contributed by atoms with Crippen LogP contribution in [-0.2, 0) is 0 Å². The van der Waals surface area contributed by atoms with E-state index in [2.05, 4.69) is 46.5 Å². The minimum Gasteiger partial charge on any atom is -0.504 e. The van der Waals surface area contributed by atoms with Gasteiger partial charge < -0.3 is 30.4 Å². The van der Waals surface area contributed by atoms with Gasteiger partial charge in [0.1, 0.15) is 0 Å². The van der Waals surface area contributed by atoms with Crippen molar-refractivity contribution in [3.63, 3.8) is 0 Å². The Kier molecular flexibility index (Phi) is 5.27. The van der Waals surface area contributed by atoms with Gasteiger partial charge in [-0.2, -0.15) is 0 Å². The van der Waals surface area contributed by atoms with Crippen LogP contribution in [0.1, 0.15) is 20.8 Å². The second-order valence-corrected chi connectivity index (χ2v) is 9.62. The molecule has 3 aliphatic rings. The van der Waals surface area contributed by atoms with Gasteiger partial charge in [0.05, 0.1) is 16.9 Å². The Hall–Kier alpha value is -3.14. The molecule has 5 rings (SSSR count). The summed E-state index contributed by atoms with van der Waals surface area (Å²) in [5.74, 6) is -0.483. The Labute approximate surface area is 192 Å². The van der Waals surface area contributed by atoms with Gasteiger partial charge in [-0.1, -0.05) is 6.07 Å². The smallest absolute Gasteiger partial charge is 0.320 e. The highest BCUT2D eigenvalue weighted by molar-refractivity contribution is 5.79. The first-order valence-corrected chi connectivity index (χ1v) is 11.4. The summed E-state index contributed by atoms with van der Waals surface area (Å²) in [7, 11) is 0. The number of phenolic OH excluding ortho intramolecular Hbond substituents is 1. The zero-order chi connectivity index (χ0) is 23.3. The van der Waals surface area contributed by atoms with Crippen molar-refractivity contribution in [2.75, 3.05) is 49.5 Å². The molecule has 2 fully saturated rings. The number of hydrogen-bond donors (Lipinski definition) is 3. The summed E-state index contributed by atoms with van der Waals surface area (Å²) in [5.41, 5.74) is 1.20. The average Bonchev–Trinajstić information content (AvgIpc) is 2.81. The highest BCUT2D eigenvalue weighted by Gasteiger charge is 2.44. The largest absolute Gasteiger partial charge is 0.504 e. The van der Waals surface area contributed by atoms with Crippen LogP contribution in [0.3, 0.4) is 0 Å². The first-order valence-electron chi connectivity index (χ1n) is 11.4. The van der Waals surface area contributed by atoms with E-state index in [0.717, 1.165) is 12.2 Å². The molecule has 1 aromatic heterocycles. The summed E-state index contributed by atoms with van der Waals surface area (Å²) >= 11 is 0. The van der Waals surface area contributed by atoms with E-state index < -0.39 is 11.6 Å². The predicted molar refractivity (Wildman–Crippen MR) is 124 cm³/mol. The molecular formula is C23H30FN7O2. The number of carbonyl (C=O) groups excluding carboxylic acids is 1. The molecule has 9 nitrogen and oxygen atoms in total. The lowest BCUT2D eigenvalue weighted by Crippen LogP contribution is -2.69. The average molecular weight is 456 g/mol. The molecule has 0 saturated carbocycles. The number of aromatic nitrogens is 2. The van der Waals surface area contributed by atoms with E-state index in [0.29, 0.717) is 49.8 Å². The molecule has 3 atom stereocenters. The predicted octanol–water partition coefficient (Wildman–Crippen LogP) is 2.10. The molecule has 0 spiro atoms. The Balaban J connectivity index is 1.40. The molecule has 0 radical (unpaired) electrons. The fourth-order valence-electron chi connectivity index (χ4n) is 5.10. The van der Waals surface area contributed by atoms with Gasteiger partial charge in [-0.15, -0.1) is 10.2 Å². The number of para-hydroxylation sites is 1. The number of aromatic hydroxyl groups is 1. The maximum atomic E-state index is 13.9. The number of urea groups is 1. The van der Waals surface area contributed by atoms with Crippen molar-refractivity contribution in [1.82, 2.24) is 25.3 Å². The van der Waals surface area contributed by atoms with Crippen LogP contribution in [-0.4, -0.2) is 88.0 Å². The summed E-state index contributed by atoms with van der Waals surface area (Å²) < 4.78 is 13.9. The van der Waals surface area contributed by atoms with Crippen LogP contribution >= 0.6 is 0 Å². The Morgan fingerprint density at radius 1 is 1.27 bits per heavy atom. The number of fused-ring (bicyclic) bond motifs is 3. The monoisotopic (exact) mass is 455 g/mol. The van der Waals surface area contributed by atoms with Crippen LogP contribution < -0.4 is 15.5 Å². The molecule has 2 saturated heterocycles. The zero-order valence-corrected chi connectivity index (χ0v) is 19.2. The second-order valence-electron chi connectivity index (χ2n) is 9.62. The molecule has 1 aromatic carbocycles. The lowest BCUT2D eigenvalue weighted by molar-refractivity contribution is 0.0995. The molecule has 176 valence electrons. The van der Waals surface area contributed by atoms with Crippen molar-refractivity contribution < 1.29 is 14.3 Å². The van der Waals surface area contributed by atoms with Crippen molar-refractivity contribution in [2.45, 2.75) is 38.4 Å². The number of rotatable bonds is 1. The molecule has 0 aliphatic carbocycles. The number of piperazine rings is 2. The van der Waals surface area contributed by atoms with Gasteiger partial charge in [0.2, 0.25) is 0 Å². The number of phenols is 1. The van der Waals surface area contributed by atoms with Gasteiger partial charge in [-0.3, -0.25) is 0 Å². The third-order valence-electron chi connectivity index (χ3n) is 7.02. The summed E-state index contributed by atoms with van der Waals surface area (Å²) in [5, 5.41) is 25.4. The summed E-state index contributed by atoms with van der Waals surface area (Å²) in [4.78, 5) is 19.6. The van der Waals surface area contributed by atoms with Gasteiger partial charge in [-0.25, -0.2) is 9.18 Å². The van der Waals surface area contributed by atoms with Crippen molar-refractivity contribution in [3.8, 4) is 17.0 Å². The summed E-state index contributed by atoms with van der Waals surface area (Å²) in [6, 6.07) is 6.72. The molecule has 2 aromatic rings. The zero-order valence-electron chi connectivity index (χ0n) is 19.2. The van der Waals surface area contributed by atoms with Gasteiger partial charge >= 0.3 is 6.03 Å². The number of anilines is 2. The maximum absolute atomic E-state index is 13.9. The number of amides is 2. The Bertz CT molecular complexity index is 1080. The maximum Gasteiger partial charge on any atom is 0.320 e. The lowest BCUT2D eigenvalue weighted by Gasteiger charge is -2.53. The van der Waals surface area contributed by atoms with Crippen LogP contribution in [0.15, 0.2) is 24.3 Å². The molecular weight excluding hydrogens is 425 g/mol. The molecule has 33 heavy (non-hydrogen) atoms. The first-order chi connectivity index (χ1) is 15.8. The van der Waals surface area contributed by atoms with E-state index in [-0.39, 0.29) is 23.7 Å². The van der Waals surface area contributed by atoms with Crippen LogP contribution in [0.2, 0.25) is 0 Å².